The third-order valence-electron chi connectivity index (χ3n) is 4.31. The number of hydrogen-bond donors (Lipinski definition) is 1. The minimum absolute atomic E-state index is 0.0936. The van der Waals surface area contributed by atoms with Crippen LogP contribution in [0.2, 0.25) is 5.02 Å². The van der Waals surface area contributed by atoms with E-state index in [9.17, 15) is 13.6 Å². The number of halogens is 3. The Morgan fingerprint density at radius 3 is 2.71 bits per heavy atom. The summed E-state index contributed by atoms with van der Waals surface area (Å²) in [5, 5.41) is 9.39. The third-order valence-corrected chi connectivity index (χ3v) is 4.79. The molecule has 1 aromatic heterocycles. The van der Waals surface area contributed by atoms with Crippen molar-refractivity contribution < 1.29 is 18.7 Å². The maximum absolute atomic E-state index is 14.0. The van der Waals surface area contributed by atoms with E-state index in [1.807, 2.05) is 11.8 Å². The number of aromatic nitrogens is 1. The molecular formula is C16H16ClF2N3O2. The SMILES string of the molecule is Cc1c(N2CCN(C(=O)O)C[C@H]2C)nc2cc(F)cc(F)c2c1Cl. The van der Waals surface area contributed by atoms with Crippen LogP contribution in [0.4, 0.5) is 19.4 Å². The first kappa shape index (κ1) is 16.7. The first-order valence-corrected chi connectivity index (χ1v) is 7.86. The molecule has 0 radical (unpaired) electrons. The number of nitrogens with zero attached hydrogens (tertiary/aromatic N) is 3. The summed E-state index contributed by atoms with van der Waals surface area (Å²) < 4.78 is 27.5. The van der Waals surface area contributed by atoms with Crippen LogP contribution in [-0.4, -0.2) is 46.8 Å². The van der Waals surface area contributed by atoms with E-state index in [1.54, 1.807) is 6.92 Å². The molecule has 1 aliphatic heterocycles. The van der Waals surface area contributed by atoms with Gasteiger partial charge in [0.2, 0.25) is 0 Å². The number of piperazine rings is 1. The summed E-state index contributed by atoms with van der Waals surface area (Å²) in [4.78, 5) is 18.7. The summed E-state index contributed by atoms with van der Waals surface area (Å²) in [6, 6.07) is 1.79. The topological polar surface area (TPSA) is 56.7 Å². The molecule has 0 unspecified atom stereocenters. The molecule has 0 saturated carbocycles. The monoisotopic (exact) mass is 355 g/mol. The first-order valence-electron chi connectivity index (χ1n) is 7.49. The molecule has 2 heterocycles. The van der Waals surface area contributed by atoms with Crippen LogP contribution < -0.4 is 4.90 Å². The van der Waals surface area contributed by atoms with E-state index >= 15 is 0 Å². The van der Waals surface area contributed by atoms with Crippen LogP contribution in [0, 0.1) is 18.6 Å². The third kappa shape index (κ3) is 2.73. The van der Waals surface area contributed by atoms with E-state index in [4.69, 9.17) is 16.7 Å². The highest BCUT2D eigenvalue weighted by Crippen LogP contribution is 2.35. The van der Waals surface area contributed by atoms with E-state index in [2.05, 4.69) is 4.98 Å². The number of pyridine rings is 1. The molecule has 1 amide bonds. The normalized spacial score (nSPS) is 18.3. The lowest BCUT2D eigenvalue weighted by molar-refractivity contribution is 0.136. The Balaban J connectivity index is 2.07. The largest absolute Gasteiger partial charge is 0.465 e. The van der Waals surface area contributed by atoms with E-state index in [-0.39, 0.29) is 22.0 Å². The molecule has 0 spiro atoms. The van der Waals surface area contributed by atoms with Crippen LogP contribution >= 0.6 is 11.6 Å². The van der Waals surface area contributed by atoms with Gasteiger partial charge in [-0.1, -0.05) is 11.6 Å². The second kappa shape index (κ2) is 6.05. The Kier molecular flexibility index (Phi) is 4.21. The number of hydrogen-bond acceptors (Lipinski definition) is 3. The Morgan fingerprint density at radius 1 is 1.38 bits per heavy atom. The Bertz CT molecular complexity index is 831. The summed E-state index contributed by atoms with van der Waals surface area (Å²) in [6.07, 6.45) is -0.966. The zero-order chi connectivity index (χ0) is 17.6. The minimum atomic E-state index is -0.966. The number of rotatable bonds is 1. The Morgan fingerprint density at radius 2 is 2.08 bits per heavy atom. The van der Waals surface area contributed by atoms with Crippen molar-refractivity contribution in [1.82, 2.24) is 9.88 Å². The molecule has 1 aromatic carbocycles. The Hall–Kier alpha value is -2.15. The van der Waals surface area contributed by atoms with Gasteiger partial charge in [0.15, 0.2) is 0 Å². The van der Waals surface area contributed by atoms with E-state index in [1.165, 1.54) is 4.90 Å². The smallest absolute Gasteiger partial charge is 0.407 e. The summed E-state index contributed by atoms with van der Waals surface area (Å²) in [5.74, 6) is -0.946. The van der Waals surface area contributed by atoms with Crippen molar-refractivity contribution >= 4 is 34.4 Å². The van der Waals surface area contributed by atoms with Crippen LogP contribution in [-0.2, 0) is 0 Å². The van der Waals surface area contributed by atoms with Gasteiger partial charge in [0.1, 0.15) is 17.5 Å². The summed E-state index contributed by atoms with van der Waals surface area (Å²) >= 11 is 6.30. The van der Waals surface area contributed by atoms with Gasteiger partial charge in [-0.2, -0.15) is 0 Å². The molecule has 8 heteroatoms. The van der Waals surface area contributed by atoms with Crippen molar-refractivity contribution in [3.63, 3.8) is 0 Å². The van der Waals surface area contributed by atoms with E-state index < -0.39 is 17.7 Å². The van der Waals surface area contributed by atoms with Gasteiger partial charge in [-0.05, 0) is 13.8 Å². The second-order valence-corrected chi connectivity index (χ2v) is 6.31. The molecule has 1 saturated heterocycles. The number of fused-ring (bicyclic) bond motifs is 1. The summed E-state index contributed by atoms with van der Waals surface area (Å²) in [6.45, 7) is 4.68. The van der Waals surface area contributed by atoms with Crippen LogP contribution in [0.3, 0.4) is 0 Å². The van der Waals surface area contributed by atoms with E-state index in [0.717, 1.165) is 12.1 Å². The predicted molar refractivity (Wildman–Crippen MR) is 87.8 cm³/mol. The fraction of sp³-hybridized carbons (Fsp3) is 0.375. The van der Waals surface area contributed by atoms with Gasteiger partial charge < -0.3 is 14.9 Å². The quantitative estimate of drug-likeness (QED) is 0.848. The number of carbonyl (C=O) groups is 1. The lowest BCUT2D eigenvalue weighted by Crippen LogP contribution is -2.53. The Labute approximate surface area is 142 Å². The molecule has 2 aromatic rings. The van der Waals surface area contributed by atoms with Crippen molar-refractivity contribution in [2.75, 3.05) is 24.5 Å². The first-order chi connectivity index (χ1) is 11.3. The molecule has 1 N–H and O–H groups in total. The average molecular weight is 356 g/mol. The van der Waals surface area contributed by atoms with Gasteiger partial charge in [-0.3, -0.25) is 0 Å². The number of anilines is 1. The van der Waals surface area contributed by atoms with E-state index in [0.29, 0.717) is 31.0 Å². The van der Waals surface area contributed by atoms with Gasteiger partial charge in [0.05, 0.1) is 15.9 Å². The second-order valence-electron chi connectivity index (χ2n) is 5.93. The fourth-order valence-electron chi connectivity index (χ4n) is 3.07. The molecule has 0 bridgehead atoms. The van der Waals surface area contributed by atoms with Gasteiger partial charge in [-0.25, -0.2) is 18.6 Å². The molecule has 1 aliphatic rings. The number of benzene rings is 1. The maximum Gasteiger partial charge on any atom is 0.407 e. The van der Waals surface area contributed by atoms with Gasteiger partial charge >= 0.3 is 6.09 Å². The standard InChI is InChI=1S/C16H16ClF2N3O2/c1-8-7-21(16(23)24)3-4-22(8)15-9(2)14(17)13-11(19)5-10(18)6-12(13)20-15/h5-6,8H,3-4,7H2,1-2H3,(H,23,24)/t8-/m1/s1. The highest BCUT2D eigenvalue weighted by atomic mass is 35.5. The van der Waals surface area contributed by atoms with Gasteiger partial charge in [0.25, 0.3) is 0 Å². The summed E-state index contributed by atoms with van der Waals surface area (Å²) in [5.41, 5.74) is 0.733. The number of carboxylic acid groups (broad SMARTS) is 1. The molecule has 1 fully saturated rings. The highest BCUT2D eigenvalue weighted by molar-refractivity contribution is 6.36. The highest BCUT2D eigenvalue weighted by Gasteiger charge is 2.29. The predicted octanol–water partition coefficient (Wildman–Crippen LogP) is 3.66. The van der Waals surface area contributed by atoms with Crippen molar-refractivity contribution in [2.45, 2.75) is 19.9 Å². The van der Waals surface area contributed by atoms with Crippen LogP contribution in [0.15, 0.2) is 12.1 Å². The minimum Gasteiger partial charge on any atom is -0.465 e. The molecule has 128 valence electrons. The zero-order valence-electron chi connectivity index (χ0n) is 13.2. The molecule has 1 atom stereocenters. The molecule has 24 heavy (non-hydrogen) atoms. The zero-order valence-corrected chi connectivity index (χ0v) is 13.9. The van der Waals surface area contributed by atoms with Crippen LogP contribution in [0.1, 0.15) is 12.5 Å². The van der Waals surface area contributed by atoms with Crippen molar-refractivity contribution in [1.29, 1.82) is 0 Å². The summed E-state index contributed by atoms with van der Waals surface area (Å²) in [7, 11) is 0. The molecule has 0 aliphatic carbocycles. The number of amides is 1. The maximum atomic E-state index is 14.0. The van der Waals surface area contributed by atoms with Crippen molar-refractivity contribution in [3.05, 3.63) is 34.4 Å². The van der Waals surface area contributed by atoms with Crippen molar-refractivity contribution in [3.8, 4) is 0 Å². The fourth-order valence-corrected chi connectivity index (χ4v) is 3.35. The molecule has 3 rings (SSSR count). The van der Waals surface area contributed by atoms with Gasteiger partial charge in [0, 0.05) is 43.4 Å². The van der Waals surface area contributed by atoms with Gasteiger partial charge in [-0.15, -0.1) is 0 Å². The molecular weight excluding hydrogens is 340 g/mol. The lowest BCUT2D eigenvalue weighted by Gasteiger charge is -2.40. The lowest BCUT2D eigenvalue weighted by atomic mass is 10.1. The van der Waals surface area contributed by atoms with Crippen LogP contribution in [0.5, 0.6) is 0 Å². The molecule has 5 nitrogen and oxygen atoms in total. The van der Waals surface area contributed by atoms with Crippen LogP contribution in [0.25, 0.3) is 10.9 Å². The average Bonchev–Trinajstić information content (AvgIpc) is 2.50. The van der Waals surface area contributed by atoms with Crippen molar-refractivity contribution in [2.24, 2.45) is 0 Å².